The van der Waals surface area contributed by atoms with Crippen LogP contribution in [0.4, 0.5) is 44.9 Å². The monoisotopic (exact) mass is 689 g/mol. The zero-order valence-electron chi connectivity index (χ0n) is 23.4. The van der Waals surface area contributed by atoms with Crippen molar-refractivity contribution in [3.05, 3.63) is 77.9 Å². The van der Waals surface area contributed by atoms with Crippen LogP contribution in [0, 0.1) is 22.7 Å². The first kappa shape index (κ1) is 32.4. The lowest BCUT2D eigenvalue weighted by molar-refractivity contribution is 0.479. The van der Waals surface area contributed by atoms with Crippen LogP contribution >= 0.6 is 11.3 Å². The molecule has 8 N–H and O–H groups in total. The molecule has 2 heterocycles. The number of hydrogen-bond acceptors (Lipinski definition) is 16. The van der Waals surface area contributed by atoms with Gasteiger partial charge in [0.15, 0.2) is 0 Å². The van der Waals surface area contributed by atoms with Crippen molar-refractivity contribution < 1.29 is 25.9 Å². The van der Waals surface area contributed by atoms with Crippen molar-refractivity contribution in [3.63, 3.8) is 0 Å². The first-order valence-corrected chi connectivity index (χ1v) is 16.4. The minimum atomic E-state index is -4.85. The topological polar surface area (TPSA) is 296 Å². The van der Waals surface area contributed by atoms with E-state index in [0.717, 1.165) is 29.5 Å². The predicted molar refractivity (Wildman–Crippen MR) is 171 cm³/mol. The third-order valence-electron chi connectivity index (χ3n) is 6.16. The van der Waals surface area contributed by atoms with Crippen molar-refractivity contribution in [1.82, 2.24) is 15.0 Å². The number of nitrogen functional groups attached to an aromatic ring is 2. The Kier molecular flexibility index (Phi) is 8.79. The van der Waals surface area contributed by atoms with Gasteiger partial charge in [0.1, 0.15) is 32.7 Å². The van der Waals surface area contributed by atoms with E-state index in [1.54, 1.807) is 48.5 Å². The van der Waals surface area contributed by atoms with Gasteiger partial charge < -0.3 is 22.1 Å². The lowest BCUT2D eigenvalue weighted by atomic mass is 10.0. The summed E-state index contributed by atoms with van der Waals surface area (Å²) >= 11 is 1.06. The molecule has 2 aromatic heterocycles. The van der Waals surface area contributed by atoms with Crippen molar-refractivity contribution >= 4 is 76.5 Å². The highest BCUT2D eigenvalue weighted by atomic mass is 32.2. The molecule has 20 heteroatoms. The van der Waals surface area contributed by atoms with Gasteiger partial charge in [-0.15, -0.1) is 10.2 Å². The first-order chi connectivity index (χ1) is 22.3. The van der Waals surface area contributed by atoms with Crippen molar-refractivity contribution in [2.75, 3.05) is 22.1 Å². The fourth-order valence-corrected chi connectivity index (χ4v) is 6.10. The maximum absolute atomic E-state index is 11.9. The van der Waals surface area contributed by atoms with E-state index in [1.807, 2.05) is 6.07 Å². The average Bonchev–Trinajstić information content (AvgIpc) is 3.34. The van der Waals surface area contributed by atoms with E-state index in [4.69, 9.17) is 11.5 Å². The van der Waals surface area contributed by atoms with Crippen LogP contribution in [0.5, 0.6) is 0 Å². The Labute approximate surface area is 270 Å². The highest BCUT2D eigenvalue weighted by Crippen LogP contribution is 2.45. The molecule has 0 atom stereocenters. The summed E-state index contributed by atoms with van der Waals surface area (Å²) in [5, 5.41) is 33.5. The summed E-state index contributed by atoms with van der Waals surface area (Å²) in [5.74, 6) is -0.772. The number of nitrogens with one attached hydrogen (secondary N) is 2. The number of nitriles is 2. The van der Waals surface area contributed by atoms with Crippen LogP contribution in [0.2, 0.25) is 0 Å². The van der Waals surface area contributed by atoms with Crippen LogP contribution in [0.25, 0.3) is 11.1 Å². The summed E-state index contributed by atoms with van der Waals surface area (Å²) in [5.41, 5.74) is 13.7. The summed E-state index contributed by atoms with van der Waals surface area (Å²) in [7, 11) is -9.59. The van der Waals surface area contributed by atoms with Crippen LogP contribution in [-0.2, 0) is 20.2 Å². The minimum Gasteiger partial charge on any atom is -0.389 e. The summed E-state index contributed by atoms with van der Waals surface area (Å²) < 4.78 is 65.9. The number of anilines is 6. The molecule has 0 aliphatic carbocycles. The van der Waals surface area contributed by atoms with Gasteiger partial charge >= 0.3 is 0 Å². The van der Waals surface area contributed by atoms with E-state index in [-0.39, 0.29) is 28.4 Å². The molecule has 0 bridgehead atoms. The van der Waals surface area contributed by atoms with Crippen LogP contribution in [0.15, 0.2) is 86.7 Å². The van der Waals surface area contributed by atoms with E-state index in [2.05, 4.69) is 41.9 Å². The van der Waals surface area contributed by atoms with Gasteiger partial charge in [0, 0.05) is 11.3 Å². The van der Waals surface area contributed by atoms with Crippen LogP contribution in [0.1, 0.15) is 11.1 Å². The normalized spacial score (nSPS) is 11.6. The van der Waals surface area contributed by atoms with E-state index in [1.165, 1.54) is 0 Å². The molecule has 0 radical (unpaired) electrons. The largest absolute Gasteiger partial charge is 0.389 e. The second kappa shape index (κ2) is 12.8. The van der Waals surface area contributed by atoms with Crippen molar-refractivity contribution in [2.24, 2.45) is 10.2 Å². The summed E-state index contributed by atoms with van der Waals surface area (Å²) in [6, 6.07) is 19.6. The number of rotatable bonds is 9. The number of azo groups is 1. The highest BCUT2D eigenvalue weighted by Gasteiger charge is 2.22. The van der Waals surface area contributed by atoms with Gasteiger partial charge in [-0.05, 0) is 48.0 Å². The summed E-state index contributed by atoms with van der Waals surface area (Å²) in [6.45, 7) is 0. The third-order valence-corrected chi connectivity index (χ3v) is 8.82. The quantitative estimate of drug-likeness (QED) is 0.0885. The number of aromatic nitrogens is 3. The molecular weight excluding hydrogens is 671 g/mol. The van der Waals surface area contributed by atoms with E-state index in [9.17, 15) is 36.5 Å². The molecule has 3 aromatic carbocycles. The van der Waals surface area contributed by atoms with E-state index < -0.39 is 35.7 Å². The molecule has 236 valence electrons. The van der Waals surface area contributed by atoms with Crippen LogP contribution < -0.4 is 22.1 Å². The molecule has 5 rings (SSSR count). The number of nitrogens with two attached hydrogens (primary N) is 2. The molecule has 17 nitrogen and oxygen atoms in total. The Morgan fingerprint density at radius 1 is 0.809 bits per heavy atom. The second-order valence-corrected chi connectivity index (χ2v) is 13.1. The van der Waals surface area contributed by atoms with Gasteiger partial charge in [0.05, 0.1) is 21.7 Å². The second-order valence-electron chi connectivity index (χ2n) is 9.24. The first-order valence-electron chi connectivity index (χ1n) is 12.7. The molecule has 0 unspecified atom stereocenters. The van der Waals surface area contributed by atoms with Gasteiger partial charge in [-0.3, -0.25) is 9.11 Å². The minimum absolute atomic E-state index is 0.116. The highest BCUT2D eigenvalue weighted by molar-refractivity contribution is 7.86. The molecule has 0 aliphatic heterocycles. The molecule has 0 amide bonds. The van der Waals surface area contributed by atoms with Crippen LogP contribution in [0.3, 0.4) is 0 Å². The van der Waals surface area contributed by atoms with Gasteiger partial charge in [-0.25, -0.2) is 0 Å². The van der Waals surface area contributed by atoms with Gasteiger partial charge in [-0.2, -0.15) is 42.3 Å². The molecule has 0 spiro atoms. The van der Waals surface area contributed by atoms with Gasteiger partial charge in [0.2, 0.25) is 17.8 Å². The maximum Gasteiger partial charge on any atom is 0.296 e. The van der Waals surface area contributed by atoms with E-state index >= 15 is 0 Å². The number of hydrogen-bond donors (Lipinski definition) is 6. The average molecular weight is 690 g/mol. The fourth-order valence-electron chi connectivity index (χ4n) is 4.11. The standard InChI is InChI=1S/C27H19N11O6S3/c28-12-15-3-1-2-4-19(15)37-38-24-22(18(13-29)23(30)45-24)14-5-7-16(8-6-14)32-26-34-25(31)35-27(36-26)33-20-11-17(46(39,40)41)9-10-21(20)47(42,43)44/h1-11H,30H2,(H,39,40,41)(H,42,43,44)(H4,31,32,33,34,35,36). The summed E-state index contributed by atoms with van der Waals surface area (Å²) in [6.07, 6.45) is 0. The lowest BCUT2D eigenvalue weighted by Crippen LogP contribution is -2.10. The van der Waals surface area contributed by atoms with Crippen LogP contribution in [-0.4, -0.2) is 40.9 Å². The van der Waals surface area contributed by atoms with Crippen molar-refractivity contribution in [3.8, 4) is 23.3 Å². The maximum atomic E-state index is 11.9. The van der Waals surface area contributed by atoms with E-state index in [0.29, 0.717) is 33.1 Å². The predicted octanol–water partition coefficient (Wildman–Crippen LogP) is 4.90. The number of thiophene rings is 1. The molecule has 0 saturated heterocycles. The lowest BCUT2D eigenvalue weighted by Gasteiger charge is -2.12. The molecule has 0 saturated carbocycles. The molecule has 0 fully saturated rings. The molecule has 5 aromatic rings. The Balaban J connectivity index is 1.44. The SMILES string of the molecule is N#Cc1ccccc1N=Nc1sc(N)c(C#N)c1-c1ccc(Nc2nc(N)nc(Nc3cc(S(=O)(=O)O)ccc3S(=O)(=O)O)n2)cc1. The van der Waals surface area contributed by atoms with Gasteiger partial charge in [-0.1, -0.05) is 35.6 Å². The molecule has 0 aliphatic rings. The zero-order valence-corrected chi connectivity index (χ0v) is 25.8. The Morgan fingerprint density at radius 3 is 2.13 bits per heavy atom. The molecule has 47 heavy (non-hydrogen) atoms. The number of nitrogens with zero attached hydrogens (tertiary/aromatic N) is 7. The smallest absolute Gasteiger partial charge is 0.296 e. The molecular formula is C27H19N11O6S3. The number of benzene rings is 3. The fraction of sp³-hybridized carbons (Fsp3) is 0. The van der Waals surface area contributed by atoms with Crippen molar-refractivity contribution in [2.45, 2.75) is 9.79 Å². The van der Waals surface area contributed by atoms with Gasteiger partial charge in [0.25, 0.3) is 20.2 Å². The Morgan fingerprint density at radius 2 is 1.49 bits per heavy atom. The third kappa shape index (κ3) is 7.28. The van der Waals surface area contributed by atoms with Crippen molar-refractivity contribution in [1.29, 1.82) is 10.5 Å². The zero-order chi connectivity index (χ0) is 33.9. The Bertz CT molecular complexity index is 2360. The Hall–Kier alpha value is -6.03. The summed E-state index contributed by atoms with van der Waals surface area (Å²) in [4.78, 5) is 10.6.